The second kappa shape index (κ2) is 5.09. The van der Waals surface area contributed by atoms with Crippen LogP contribution in [0.2, 0.25) is 5.02 Å². The smallest absolute Gasteiger partial charge is 0.255 e. The van der Waals surface area contributed by atoms with Gasteiger partial charge >= 0.3 is 0 Å². The first-order valence-electron chi connectivity index (χ1n) is 6.31. The van der Waals surface area contributed by atoms with Gasteiger partial charge in [-0.05, 0) is 37.1 Å². The molecule has 0 aliphatic carbocycles. The van der Waals surface area contributed by atoms with Crippen LogP contribution in [0.4, 0.5) is 0 Å². The molecule has 0 radical (unpaired) electrons. The van der Waals surface area contributed by atoms with E-state index < -0.39 is 0 Å². The molecule has 0 saturated carbocycles. The quantitative estimate of drug-likeness (QED) is 0.741. The van der Waals surface area contributed by atoms with Gasteiger partial charge < -0.3 is 4.74 Å². The van der Waals surface area contributed by atoms with Crippen LogP contribution in [0.3, 0.4) is 0 Å². The van der Waals surface area contributed by atoms with Crippen molar-refractivity contribution in [3.8, 4) is 11.6 Å². The second-order valence-corrected chi connectivity index (χ2v) is 4.82. The molecule has 5 nitrogen and oxygen atoms in total. The summed E-state index contributed by atoms with van der Waals surface area (Å²) in [4.78, 5) is 8.34. The molecule has 3 rings (SSSR count). The van der Waals surface area contributed by atoms with Crippen LogP contribution < -0.4 is 4.74 Å². The molecule has 0 bridgehead atoms. The summed E-state index contributed by atoms with van der Waals surface area (Å²) in [6.45, 7) is 3.94. The van der Waals surface area contributed by atoms with Crippen molar-refractivity contribution in [3.05, 3.63) is 46.9 Å². The van der Waals surface area contributed by atoms with E-state index >= 15 is 0 Å². The molecule has 0 aliphatic heterocycles. The van der Waals surface area contributed by atoms with Gasteiger partial charge in [0, 0.05) is 16.8 Å². The van der Waals surface area contributed by atoms with Gasteiger partial charge in [0.1, 0.15) is 12.1 Å². The van der Waals surface area contributed by atoms with Gasteiger partial charge in [0.2, 0.25) is 5.88 Å². The van der Waals surface area contributed by atoms with E-state index in [0.29, 0.717) is 17.4 Å². The molecule has 3 aromatic rings. The molecular formula is C14H13ClN4O. The summed E-state index contributed by atoms with van der Waals surface area (Å²) in [5, 5.41) is 4.85. The summed E-state index contributed by atoms with van der Waals surface area (Å²) in [5.74, 6) is 1.81. The number of aromatic nitrogens is 4. The molecule has 0 fully saturated rings. The van der Waals surface area contributed by atoms with E-state index in [1.165, 1.54) is 6.33 Å². The number of ether oxygens (including phenoxy) is 1. The first kappa shape index (κ1) is 12.9. The van der Waals surface area contributed by atoms with Gasteiger partial charge in [-0.2, -0.15) is 14.6 Å². The summed E-state index contributed by atoms with van der Waals surface area (Å²) in [7, 11) is 0. The topological polar surface area (TPSA) is 52.3 Å². The maximum Gasteiger partial charge on any atom is 0.255 e. The van der Waals surface area contributed by atoms with Crippen molar-refractivity contribution in [3.63, 3.8) is 0 Å². The number of aryl methyl sites for hydroxylation is 2. The Balaban J connectivity index is 2.02. The third-order valence-corrected chi connectivity index (χ3v) is 3.34. The number of hydrogen-bond donors (Lipinski definition) is 0. The fourth-order valence-electron chi connectivity index (χ4n) is 1.98. The molecule has 0 N–H and O–H groups in total. The number of benzene rings is 1. The fraction of sp³-hybridized carbons (Fsp3) is 0.214. The lowest BCUT2D eigenvalue weighted by Crippen LogP contribution is -1.99. The van der Waals surface area contributed by atoms with Gasteiger partial charge in [0.25, 0.3) is 5.78 Å². The van der Waals surface area contributed by atoms with E-state index in [-0.39, 0.29) is 0 Å². The van der Waals surface area contributed by atoms with Crippen LogP contribution >= 0.6 is 11.6 Å². The van der Waals surface area contributed by atoms with E-state index in [0.717, 1.165) is 22.7 Å². The van der Waals surface area contributed by atoms with Crippen LogP contribution in [-0.2, 0) is 6.42 Å². The lowest BCUT2D eigenvalue weighted by molar-refractivity contribution is 0.445. The van der Waals surface area contributed by atoms with E-state index in [1.807, 2.05) is 31.2 Å². The zero-order valence-corrected chi connectivity index (χ0v) is 11.9. The van der Waals surface area contributed by atoms with Crippen LogP contribution in [0.1, 0.15) is 18.2 Å². The molecule has 1 aromatic carbocycles. The molecule has 0 saturated heterocycles. The number of hydrogen-bond acceptors (Lipinski definition) is 4. The monoisotopic (exact) mass is 288 g/mol. The first-order chi connectivity index (χ1) is 9.67. The van der Waals surface area contributed by atoms with Gasteiger partial charge in [-0.15, -0.1) is 0 Å². The molecule has 6 heteroatoms. The minimum atomic E-state index is 0.518. The Kier molecular flexibility index (Phi) is 3.28. The molecule has 0 aliphatic rings. The van der Waals surface area contributed by atoms with Crippen LogP contribution in [0, 0.1) is 6.92 Å². The summed E-state index contributed by atoms with van der Waals surface area (Å²) in [5.41, 5.74) is 1.87. The van der Waals surface area contributed by atoms with Gasteiger partial charge in [0.05, 0.1) is 0 Å². The number of rotatable bonds is 3. The van der Waals surface area contributed by atoms with Gasteiger partial charge in [0.15, 0.2) is 0 Å². The van der Waals surface area contributed by atoms with Gasteiger partial charge in [-0.25, -0.2) is 4.98 Å². The summed E-state index contributed by atoms with van der Waals surface area (Å²) in [6, 6.07) is 7.42. The Bertz CT molecular complexity index is 769. The molecule has 2 aromatic heterocycles. The Morgan fingerprint density at radius 2 is 2.15 bits per heavy atom. The van der Waals surface area contributed by atoms with Crippen molar-refractivity contribution in [1.29, 1.82) is 0 Å². The van der Waals surface area contributed by atoms with E-state index in [1.54, 1.807) is 4.52 Å². The molecule has 2 heterocycles. The van der Waals surface area contributed by atoms with Crippen molar-refractivity contribution in [2.75, 3.05) is 0 Å². The summed E-state index contributed by atoms with van der Waals surface area (Å²) < 4.78 is 7.45. The van der Waals surface area contributed by atoms with Gasteiger partial charge in [-0.3, -0.25) is 0 Å². The maximum atomic E-state index is 6.11. The minimum absolute atomic E-state index is 0.518. The molecule has 102 valence electrons. The second-order valence-electron chi connectivity index (χ2n) is 4.42. The molecular weight excluding hydrogens is 276 g/mol. The molecule has 20 heavy (non-hydrogen) atoms. The number of fused-ring (bicyclic) bond motifs is 1. The standard InChI is InChI=1S/C14H13ClN4O/c1-3-10-7-11(4-5-12(10)15)20-13-6-9(2)18-14-16-8-17-19(13)14/h4-8H,3H2,1-2H3. The highest BCUT2D eigenvalue weighted by atomic mass is 35.5. The van der Waals surface area contributed by atoms with Crippen LogP contribution in [0.5, 0.6) is 11.6 Å². The predicted octanol–water partition coefficient (Wildman–Crippen LogP) is 3.44. The zero-order chi connectivity index (χ0) is 14.1. The fourth-order valence-corrected chi connectivity index (χ4v) is 2.23. The van der Waals surface area contributed by atoms with Crippen molar-refractivity contribution in [2.24, 2.45) is 0 Å². The van der Waals surface area contributed by atoms with E-state index in [2.05, 4.69) is 22.0 Å². The molecule has 0 amide bonds. The minimum Gasteiger partial charge on any atom is -0.439 e. The normalized spacial score (nSPS) is 10.9. The third-order valence-electron chi connectivity index (χ3n) is 2.97. The highest BCUT2D eigenvalue weighted by molar-refractivity contribution is 6.31. The molecule has 0 unspecified atom stereocenters. The average Bonchev–Trinajstić information content (AvgIpc) is 2.89. The van der Waals surface area contributed by atoms with Crippen molar-refractivity contribution < 1.29 is 4.74 Å². The largest absolute Gasteiger partial charge is 0.439 e. The number of halogens is 1. The first-order valence-corrected chi connectivity index (χ1v) is 6.69. The Labute approximate surface area is 121 Å². The van der Waals surface area contributed by atoms with Crippen molar-refractivity contribution >= 4 is 17.4 Å². The maximum absolute atomic E-state index is 6.11. The predicted molar refractivity (Wildman–Crippen MR) is 76.4 cm³/mol. The van der Waals surface area contributed by atoms with E-state index in [4.69, 9.17) is 16.3 Å². The van der Waals surface area contributed by atoms with Crippen LogP contribution in [0.25, 0.3) is 5.78 Å². The Hall–Kier alpha value is -2.14. The highest BCUT2D eigenvalue weighted by Crippen LogP contribution is 2.26. The third kappa shape index (κ3) is 2.32. The Morgan fingerprint density at radius 1 is 1.30 bits per heavy atom. The highest BCUT2D eigenvalue weighted by Gasteiger charge is 2.09. The lowest BCUT2D eigenvalue weighted by Gasteiger charge is -2.09. The summed E-state index contributed by atoms with van der Waals surface area (Å²) in [6.07, 6.45) is 2.30. The van der Waals surface area contributed by atoms with Crippen LogP contribution in [-0.4, -0.2) is 19.6 Å². The average molecular weight is 289 g/mol. The molecule has 0 spiro atoms. The van der Waals surface area contributed by atoms with Gasteiger partial charge in [-0.1, -0.05) is 18.5 Å². The number of nitrogens with zero attached hydrogens (tertiary/aromatic N) is 4. The lowest BCUT2D eigenvalue weighted by atomic mass is 10.1. The van der Waals surface area contributed by atoms with Crippen molar-refractivity contribution in [1.82, 2.24) is 19.6 Å². The van der Waals surface area contributed by atoms with Crippen molar-refractivity contribution in [2.45, 2.75) is 20.3 Å². The summed E-state index contributed by atoms with van der Waals surface area (Å²) >= 11 is 6.11. The SMILES string of the molecule is CCc1cc(Oc2cc(C)nc3ncnn23)ccc1Cl. The van der Waals surface area contributed by atoms with Crippen LogP contribution in [0.15, 0.2) is 30.6 Å². The molecule has 0 atom stereocenters. The zero-order valence-electron chi connectivity index (χ0n) is 11.2. The van der Waals surface area contributed by atoms with E-state index in [9.17, 15) is 0 Å². The Morgan fingerprint density at radius 3 is 2.95 bits per heavy atom.